The molecule has 2 N–H and O–H groups in total. The van der Waals surface area contributed by atoms with E-state index in [0.717, 1.165) is 18.4 Å². The number of hydrogen-bond acceptors (Lipinski definition) is 5. The van der Waals surface area contributed by atoms with Crippen molar-refractivity contribution in [3.63, 3.8) is 0 Å². The Labute approximate surface area is 157 Å². The van der Waals surface area contributed by atoms with Gasteiger partial charge in [-0.05, 0) is 62.8 Å². The largest absolute Gasteiger partial charge is 0.346 e. The van der Waals surface area contributed by atoms with E-state index in [-0.39, 0.29) is 11.9 Å². The summed E-state index contributed by atoms with van der Waals surface area (Å²) < 4.78 is 5.32. The van der Waals surface area contributed by atoms with Crippen molar-refractivity contribution in [2.24, 2.45) is 5.92 Å². The van der Waals surface area contributed by atoms with Crippen LogP contribution in [0.2, 0.25) is 5.02 Å². The molecule has 2 bridgehead atoms. The highest BCUT2D eigenvalue weighted by Gasteiger charge is 2.34. The van der Waals surface area contributed by atoms with E-state index in [0.29, 0.717) is 41.2 Å². The maximum absolute atomic E-state index is 12.4. The van der Waals surface area contributed by atoms with Gasteiger partial charge in [0.1, 0.15) is 0 Å². The quantitative estimate of drug-likeness (QED) is 0.837. The van der Waals surface area contributed by atoms with Gasteiger partial charge in [0.25, 0.3) is 5.89 Å². The van der Waals surface area contributed by atoms with Crippen LogP contribution in [0, 0.1) is 5.92 Å². The summed E-state index contributed by atoms with van der Waals surface area (Å²) in [6, 6.07) is 8.12. The summed E-state index contributed by atoms with van der Waals surface area (Å²) in [6.07, 6.45) is 5.26. The second kappa shape index (κ2) is 7.37. The summed E-state index contributed by atoms with van der Waals surface area (Å²) in [4.78, 5) is 16.8. The number of aromatic nitrogens is 2. The average molecular weight is 375 g/mol. The number of nitrogens with zero attached hydrogens (tertiary/aromatic N) is 2. The molecule has 0 spiro atoms. The fourth-order valence-electron chi connectivity index (χ4n) is 4.09. The van der Waals surface area contributed by atoms with Crippen LogP contribution in [0.3, 0.4) is 0 Å². The number of hydrogen-bond donors (Lipinski definition) is 2. The summed E-state index contributed by atoms with van der Waals surface area (Å²) in [6.45, 7) is 1.88. The molecule has 0 aliphatic carbocycles. The molecule has 4 rings (SSSR count). The van der Waals surface area contributed by atoms with Crippen LogP contribution in [0.25, 0.3) is 11.5 Å². The van der Waals surface area contributed by atoms with E-state index < -0.39 is 0 Å². The van der Waals surface area contributed by atoms with E-state index in [4.69, 9.17) is 16.1 Å². The molecule has 138 valence electrons. The first-order valence-corrected chi connectivity index (χ1v) is 9.59. The Balaban J connectivity index is 1.33. The Morgan fingerprint density at radius 3 is 2.69 bits per heavy atom. The number of amides is 1. The smallest absolute Gasteiger partial charge is 0.257 e. The SMILES string of the molecule is CC(NC(=O)CC1CC2CCC(C1)N2)c1noc(-c2ccc(Cl)cc2)n1. The fourth-order valence-corrected chi connectivity index (χ4v) is 4.22. The van der Waals surface area contributed by atoms with E-state index in [2.05, 4.69) is 20.8 Å². The van der Waals surface area contributed by atoms with Crippen molar-refractivity contribution in [2.75, 3.05) is 0 Å². The van der Waals surface area contributed by atoms with Gasteiger partial charge in [0, 0.05) is 29.1 Å². The predicted molar refractivity (Wildman–Crippen MR) is 98.6 cm³/mol. The first kappa shape index (κ1) is 17.5. The monoisotopic (exact) mass is 374 g/mol. The predicted octanol–water partition coefficient (Wildman–Crippen LogP) is 3.49. The van der Waals surface area contributed by atoms with Gasteiger partial charge in [-0.2, -0.15) is 4.98 Å². The Morgan fingerprint density at radius 2 is 2.00 bits per heavy atom. The molecule has 2 saturated heterocycles. The van der Waals surface area contributed by atoms with Crippen LogP contribution in [0.1, 0.15) is 50.9 Å². The summed E-state index contributed by atoms with van der Waals surface area (Å²) in [5.74, 6) is 1.43. The Morgan fingerprint density at radius 1 is 1.31 bits per heavy atom. The van der Waals surface area contributed by atoms with Crippen molar-refractivity contribution < 1.29 is 9.32 Å². The molecule has 0 saturated carbocycles. The minimum absolute atomic E-state index is 0.0571. The zero-order valence-corrected chi connectivity index (χ0v) is 15.5. The zero-order chi connectivity index (χ0) is 18.1. The minimum Gasteiger partial charge on any atom is -0.346 e. The molecular formula is C19H23ClN4O2. The molecule has 0 radical (unpaired) electrons. The molecule has 2 aliphatic rings. The van der Waals surface area contributed by atoms with Gasteiger partial charge in [0.15, 0.2) is 5.82 Å². The van der Waals surface area contributed by atoms with Crippen LogP contribution >= 0.6 is 11.6 Å². The molecule has 1 aromatic heterocycles. The third kappa shape index (κ3) is 3.91. The second-order valence-corrected chi connectivity index (χ2v) is 7.87. The number of rotatable bonds is 5. The number of nitrogens with one attached hydrogen (secondary N) is 2. The van der Waals surface area contributed by atoms with Crippen LogP contribution in [0.15, 0.2) is 28.8 Å². The van der Waals surface area contributed by atoms with Crippen LogP contribution in [-0.2, 0) is 4.79 Å². The van der Waals surface area contributed by atoms with Crippen LogP contribution < -0.4 is 10.6 Å². The lowest BCUT2D eigenvalue weighted by molar-refractivity contribution is -0.123. The summed E-state index contributed by atoms with van der Waals surface area (Å²) >= 11 is 5.90. The third-order valence-corrected chi connectivity index (χ3v) is 5.59. The lowest BCUT2D eigenvalue weighted by atomic mass is 9.89. The molecule has 2 aromatic rings. The highest BCUT2D eigenvalue weighted by Crippen LogP contribution is 2.32. The molecule has 7 heteroatoms. The van der Waals surface area contributed by atoms with Gasteiger partial charge in [-0.25, -0.2) is 0 Å². The highest BCUT2D eigenvalue weighted by molar-refractivity contribution is 6.30. The summed E-state index contributed by atoms with van der Waals surface area (Å²) in [5.41, 5.74) is 0.803. The van der Waals surface area contributed by atoms with Gasteiger partial charge in [0.05, 0.1) is 6.04 Å². The van der Waals surface area contributed by atoms with Crippen LogP contribution in [0.4, 0.5) is 0 Å². The summed E-state index contributed by atoms with van der Waals surface area (Å²) in [7, 11) is 0. The Hall–Kier alpha value is -1.92. The molecule has 1 aromatic carbocycles. The van der Waals surface area contributed by atoms with Gasteiger partial charge in [-0.15, -0.1) is 0 Å². The number of piperidine rings is 1. The Kier molecular flexibility index (Phi) is 4.96. The molecular weight excluding hydrogens is 352 g/mol. The maximum atomic E-state index is 12.4. The van der Waals surface area contributed by atoms with Crippen molar-refractivity contribution >= 4 is 17.5 Å². The molecule has 3 atom stereocenters. The van der Waals surface area contributed by atoms with Crippen molar-refractivity contribution in [3.05, 3.63) is 35.1 Å². The van der Waals surface area contributed by atoms with Gasteiger partial charge >= 0.3 is 0 Å². The number of carbonyl (C=O) groups is 1. The normalized spacial score (nSPS) is 25.8. The van der Waals surface area contributed by atoms with E-state index in [1.807, 2.05) is 19.1 Å². The molecule has 2 aliphatic heterocycles. The van der Waals surface area contributed by atoms with Gasteiger partial charge < -0.3 is 15.2 Å². The molecule has 1 amide bonds. The average Bonchev–Trinajstić information content (AvgIpc) is 3.22. The molecule has 3 unspecified atom stereocenters. The summed E-state index contributed by atoms with van der Waals surface area (Å²) in [5, 5.41) is 11.3. The van der Waals surface area contributed by atoms with Crippen LogP contribution in [0.5, 0.6) is 0 Å². The molecule has 6 nitrogen and oxygen atoms in total. The Bertz CT molecular complexity index is 764. The van der Waals surface area contributed by atoms with Crippen molar-refractivity contribution in [1.82, 2.24) is 20.8 Å². The first-order valence-electron chi connectivity index (χ1n) is 9.22. The van der Waals surface area contributed by atoms with Crippen molar-refractivity contribution in [1.29, 1.82) is 0 Å². The fraction of sp³-hybridized carbons (Fsp3) is 0.526. The number of fused-ring (bicyclic) bond motifs is 2. The lowest BCUT2D eigenvalue weighted by Gasteiger charge is -2.28. The van der Waals surface area contributed by atoms with Gasteiger partial charge in [-0.1, -0.05) is 16.8 Å². The highest BCUT2D eigenvalue weighted by atomic mass is 35.5. The molecule has 2 fully saturated rings. The van der Waals surface area contributed by atoms with E-state index in [1.54, 1.807) is 12.1 Å². The lowest BCUT2D eigenvalue weighted by Crippen LogP contribution is -2.40. The second-order valence-electron chi connectivity index (χ2n) is 7.43. The van der Waals surface area contributed by atoms with Crippen LogP contribution in [-0.4, -0.2) is 28.1 Å². The van der Waals surface area contributed by atoms with Crippen molar-refractivity contribution in [3.8, 4) is 11.5 Å². The van der Waals surface area contributed by atoms with E-state index in [1.165, 1.54) is 12.8 Å². The van der Waals surface area contributed by atoms with Gasteiger partial charge in [-0.3, -0.25) is 4.79 Å². The maximum Gasteiger partial charge on any atom is 0.257 e. The standard InChI is InChI=1S/C19H23ClN4O2/c1-11(18-23-19(26-24-18)13-2-4-14(20)5-3-13)21-17(25)10-12-8-15-6-7-16(9-12)22-15/h2-5,11-12,15-16,22H,6-10H2,1H3,(H,21,25). The number of halogens is 1. The first-order chi connectivity index (χ1) is 12.6. The minimum atomic E-state index is -0.286. The third-order valence-electron chi connectivity index (χ3n) is 5.34. The van der Waals surface area contributed by atoms with Crippen molar-refractivity contribution in [2.45, 2.75) is 57.2 Å². The number of benzene rings is 1. The zero-order valence-electron chi connectivity index (χ0n) is 14.7. The van der Waals surface area contributed by atoms with E-state index >= 15 is 0 Å². The van der Waals surface area contributed by atoms with Gasteiger partial charge in [0.2, 0.25) is 5.91 Å². The molecule has 3 heterocycles. The van der Waals surface area contributed by atoms with E-state index in [9.17, 15) is 4.79 Å². The number of carbonyl (C=O) groups excluding carboxylic acids is 1. The molecule has 26 heavy (non-hydrogen) atoms. The topological polar surface area (TPSA) is 80.0 Å².